The molecule has 2 heterocycles. The summed E-state index contributed by atoms with van der Waals surface area (Å²) in [5.74, 6) is 3.23. The zero-order chi connectivity index (χ0) is 13.9. The summed E-state index contributed by atoms with van der Waals surface area (Å²) in [4.78, 5) is 4.21. The van der Waals surface area contributed by atoms with E-state index in [-0.39, 0.29) is 6.04 Å². The second-order valence-corrected chi connectivity index (χ2v) is 6.66. The highest BCUT2D eigenvalue weighted by atomic mass is 32.2. The second kappa shape index (κ2) is 5.59. The molecule has 0 radical (unpaired) electrons. The molecule has 102 valence electrons. The van der Waals surface area contributed by atoms with Gasteiger partial charge in [0, 0.05) is 30.9 Å². The Balaban J connectivity index is 2.01. The lowest BCUT2D eigenvalue weighted by Crippen LogP contribution is -2.44. The van der Waals surface area contributed by atoms with Crippen LogP contribution in [0.4, 0.5) is 5.82 Å². The summed E-state index contributed by atoms with van der Waals surface area (Å²) in [6, 6.07) is 3.72. The third-order valence-electron chi connectivity index (χ3n) is 3.14. The molecule has 1 aliphatic heterocycles. The van der Waals surface area contributed by atoms with Gasteiger partial charge in [0.1, 0.15) is 5.82 Å². The van der Waals surface area contributed by atoms with E-state index < -0.39 is 10.0 Å². The fraction of sp³-hybridized carbons (Fsp3) is 0.462. The molecule has 1 aliphatic rings. The van der Waals surface area contributed by atoms with Crippen LogP contribution in [0.25, 0.3) is 0 Å². The molecule has 0 aromatic carbocycles. The summed E-state index contributed by atoms with van der Waals surface area (Å²) in [6.45, 7) is 1.08. The minimum absolute atomic E-state index is 0.0904. The van der Waals surface area contributed by atoms with Gasteiger partial charge in [-0.3, -0.25) is 0 Å². The quantitative estimate of drug-likeness (QED) is 0.835. The molecule has 0 spiro atoms. The fourth-order valence-corrected chi connectivity index (χ4v) is 3.05. The number of nitrogens with one attached hydrogen (secondary N) is 1. The first-order chi connectivity index (χ1) is 8.99. The highest BCUT2D eigenvalue weighted by molar-refractivity contribution is 7.88. The maximum absolute atomic E-state index is 11.5. The van der Waals surface area contributed by atoms with E-state index in [0.29, 0.717) is 13.1 Å². The first-order valence-corrected chi connectivity index (χ1v) is 7.98. The predicted octanol–water partition coefficient (Wildman–Crippen LogP) is 0.899. The van der Waals surface area contributed by atoms with Crippen molar-refractivity contribution in [3.8, 4) is 12.3 Å². The zero-order valence-electron chi connectivity index (χ0n) is 10.8. The van der Waals surface area contributed by atoms with Gasteiger partial charge in [0.15, 0.2) is 0 Å². The Bertz CT molecular complexity index is 575. The summed E-state index contributed by atoms with van der Waals surface area (Å²) in [6.07, 6.45) is 9.93. The molecule has 19 heavy (non-hydrogen) atoms. The van der Waals surface area contributed by atoms with E-state index in [2.05, 4.69) is 16.2 Å². The van der Waals surface area contributed by atoms with Crippen LogP contribution < -0.4 is 5.32 Å². The maximum atomic E-state index is 11.5. The average molecular weight is 279 g/mol. The first-order valence-electron chi connectivity index (χ1n) is 6.13. The number of aromatic nitrogens is 1. The van der Waals surface area contributed by atoms with Crippen LogP contribution in [-0.4, -0.2) is 43.1 Å². The number of terminal acetylenes is 1. The van der Waals surface area contributed by atoms with E-state index in [1.54, 1.807) is 6.20 Å². The van der Waals surface area contributed by atoms with Gasteiger partial charge in [-0.05, 0) is 25.0 Å². The molecule has 1 aromatic rings. The highest BCUT2D eigenvalue weighted by Gasteiger charge is 2.25. The van der Waals surface area contributed by atoms with Gasteiger partial charge in [-0.15, -0.1) is 6.42 Å². The van der Waals surface area contributed by atoms with Crippen molar-refractivity contribution in [3.63, 3.8) is 0 Å². The Labute approximate surface area is 114 Å². The van der Waals surface area contributed by atoms with Gasteiger partial charge in [-0.2, -0.15) is 0 Å². The van der Waals surface area contributed by atoms with Crippen molar-refractivity contribution in [1.29, 1.82) is 0 Å². The fourth-order valence-electron chi connectivity index (χ4n) is 2.14. The van der Waals surface area contributed by atoms with E-state index in [0.717, 1.165) is 24.2 Å². The number of piperidine rings is 1. The first kappa shape index (κ1) is 13.8. The lowest BCUT2D eigenvalue weighted by Gasteiger charge is -2.31. The van der Waals surface area contributed by atoms with Crippen LogP contribution in [0.2, 0.25) is 0 Å². The van der Waals surface area contributed by atoms with Gasteiger partial charge in [-0.1, -0.05) is 5.92 Å². The lowest BCUT2D eigenvalue weighted by molar-refractivity contribution is 0.329. The third kappa shape index (κ3) is 3.69. The van der Waals surface area contributed by atoms with Crippen molar-refractivity contribution in [3.05, 3.63) is 23.9 Å². The molecular formula is C13H17N3O2S. The zero-order valence-corrected chi connectivity index (χ0v) is 11.7. The summed E-state index contributed by atoms with van der Waals surface area (Å²) in [7, 11) is -3.12. The number of sulfonamides is 1. The lowest BCUT2D eigenvalue weighted by atomic mass is 10.1. The van der Waals surface area contributed by atoms with E-state index in [1.807, 2.05) is 12.1 Å². The highest BCUT2D eigenvalue weighted by Crippen LogP contribution is 2.16. The molecule has 0 saturated carbocycles. The van der Waals surface area contributed by atoms with Gasteiger partial charge in [0.05, 0.1) is 6.26 Å². The number of nitrogens with zero attached hydrogens (tertiary/aromatic N) is 2. The summed E-state index contributed by atoms with van der Waals surface area (Å²) < 4.78 is 24.6. The molecule has 1 saturated heterocycles. The van der Waals surface area contributed by atoms with Crippen molar-refractivity contribution in [2.75, 3.05) is 24.7 Å². The van der Waals surface area contributed by atoms with Crippen LogP contribution in [0.1, 0.15) is 18.4 Å². The van der Waals surface area contributed by atoms with E-state index in [1.165, 1.54) is 10.6 Å². The molecule has 1 N–H and O–H groups in total. The molecule has 0 amide bonds. The standard InChI is InChI=1S/C13H17N3O2S/c1-3-11-6-7-13(14-9-11)15-12-5-4-8-16(10-12)19(2,17)18/h1,6-7,9,12H,4-5,8,10H2,2H3,(H,14,15). The molecule has 0 bridgehead atoms. The number of pyridine rings is 1. The number of hydrogen-bond acceptors (Lipinski definition) is 4. The largest absolute Gasteiger partial charge is 0.366 e. The minimum atomic E-state index is -3.12. The molecule has 1 atom stereocenters. The molecule has 1 fully saturated rings. The van der Waals surface area contributed by atoms with Crippen LogP contribution in [0, 0.1) is 12.3 Å². The van der Waals surface area contributed by atoms with Gasteiger partial charge >= 0.3 is 0 Å². The molecule has 0 aliphatic carbocycles. The van der Waals surface area contributed by atoms with Crippen LogP contribution in [0.5, 0.6) is 0 Å². The average Bonchev–Trinajstić information content (AvgIpc) is 2.39. The van der Waals surface area contributed by atoms with E-state index >= 15 is 0 Å². The topological polar surface area (TPSA) is 62.3 Å². The van der Waals surface area contributed by atoms with Crippen molar-refractivity contribution in [1.82, 2.24) is 9.29 Å². The maximum Gasteiger partial charge on any atom is 0.211 e. The minimum Gasteiger partial charge on any atom is -0.366 e. The molecule has 6 heteroatoms. The molecular weight excluding hydrogens is 262 g/mol. The monoisotopic (exact) mass is 279 g/mol. The van der Waals surface area contributed by atoms with Crippen molar-refractivity contribution in [2.45, 2.75) is 18.9 Å². The Morgan fingerprint density at radius 3 is 2.89 bits per heavy atom. The predicted molar refractivity (Wildman–Crippen MR) is 75.2 cm³/mol. The second-order valence-electron chi connectivity index (χ2n) is 4.68. The Morgan fingerprint density at radius 1 is 1.53 bits per heavy atom. The van der Waals surface area contributed by atoms with Gasteiger partial charge in [0.2, 0.25) is 10.0 Å². The van der Waals surface area contributed by atoms with Gasteiger partial charge < -0.3 is 5.32 Å². The third-order valence-corrected chi connectivity index (χ3v) is 4.40. The van der Waals surface area contributed by atoms with Crippen LogP contribution in [-0.2, 0) is 10.0 Å². The van der Waals surface area contributed by atoms with Crippen LogP contribution >= 0.6 is 0 Å². The molecule has 1 aromatic heterocycles. The van der Waals surface area contributed by atoms with Crippen LogP contribution in [0.3, 0.4) is 0 Å². The number of anilines is 1. The molecule has 5 nitrogen and oxygen atoms in total. The summed E-state index contributed by atoms with van der Waals surface area (Å²) in [5, 5.41) is 3.25. The van der Waals surface area contributed by atoms with Crippen molar-refractivity contribution >= 4 is 15.8 Å². The van der Waals surface area contributed by atoms with Crippen molar-refractivity contribution < 1.29 is 8.42 Å². The van der Waals surface area contributed by atoms with Crippen molar-refractivity contribution in [2.24, 2.45) is 0 Å². The number of hydrogen-bond donors (Lipinski definition) is 1. The summed E-state index contributed by atoms with van der Waals surface area (Å²) in [5.41, 5.74) is 0.729. The Hall–Kier alpha value is -1.58. The Morgan fingerprint density at radius 2 is 2.32 bits per heavy atom. The Kier molecular flexibility index (Phi) is 4.08. The van der Waals surface area contributed by atoms with Crippen LogP contribution in [0.15, 0.2) is 18.3 Å². The van der Waals surface area contributed by atoms with Gasteiger partial charge in [-0.25, -0.2) is 17.7 Å². The van der Waals surface area contributed by atoms with E-state index in [9.17, 15) is 8.42 Å². The SMILES string of the molecule is C#Cc1ccc(NC2CCCN(S(C)(=O)=O)C2)nc1. The molecule has 2 rings (SSSR count). The van der Waals surface area contributed by atoms with E-state index in [4.69, 9.17) is 6.42 Å². The molecule has 1 unspecified atom stereocenters. The number of rotatable bonds is 3. The smallest absolute Gasteiger partial charge is 0.211 e. The van der Waals surface area contributed by atoms with Gasteiger partial charge in [0.25, 0.3) is 0 Å². The summed E-state index contributed by atoms with van der Waals surface area (Å²) >= 11 is 0. The normalized spacial score (nSPS) is 20.7.